The molecule has 0 fully saturated rings. The van der Waals surface area contributed by atoms with Crippen molar-refractivity contribution in [2.24, 2.45) is 0 Å². The van der Waals surface area contributed by atoms with Gasteiger partial charge in [-0.1, -0.05) is 18.2 Å². The van der Waals surface area contributed by atoms with Crippen molar-refractivity contribution in [3.8, 4) is 11.5 Å². The number of H-pyrrole nitrogens is 1. The SMILES string of the molecule is COc1cc2c(cc1OC)CN(C(=O)C(C)(C)c1c[nH]c3ccccc13)CC2. The molecule has 0 spiro atoms. The maximum absolute atomic E-state index is 13.5. The van der Waals surface area contributed by atoms with Crippen LogP contribution in [0.4, 0.5) is 0 Å². The molecule has 28 heavy (non-hydrogen) atoms. The second-order valence-corrected chi connectivity index (χ2v) is 7.83. The van der Waals surface area contributed by atoms with Crippen molar-refractivity contribution in [3.63, 3.8) is 0 Å². The van der Waals surface area contributed by atoms with E-state index < -0.39 is 5.41 Å². The lowest BCUT2D eigenvalue weighted by atomic mass is 9.82. The second kappa shape index (κ2) is 6.89. The van der Waals surface area contributed by atoms with Gasteiger partial charge in [0.2, 0.25) is 5.91 Å². The number of amides is 1. The van der Waals surface area contributed by atoms with Gasteiger partial charge in [-0.2, -0.15) is 0 Å². The summed E-state index contributed by atoms with van der Waals surface area (Å²) in [6, 6.07) is 12.1. The fourth-order valence-corrected chi connectivity index (χ4v) is 4.16. The van der Waals surface area contributed by atoms with Gasteiger partial charge >= 0.3 is 0 Å². The zero-order chi connectivity index (χ0) is 19.9. The smallest absolute Gasteiger partial charge is 0.233 e. The summed E-state index contributed by atoms with van der Waals surface area (Å²) in [6.07, 6.45) is 2.78. The number of nitrogens with one attached hydrogen (secondary N) is 1. The molecule has 0 unspecified atom stereocenters. The van der Waals surface area contributed by atoms with Crippen molar-refractivity contribution in [1.29, 1.82) is 0 Å². The molecule has 2 heterocycles. The van der Waals surface area contributed by atoms with E-state index in [1.165, 1.54) is 5.56 Å². The number of aromatic nitrogens is 1. The first-order valence-electron chi connectivity index (χ1n) is 9.55. The maximum atomic E-state index is 13.5. The van der Waals surface area contributed by atoms with Crippen LogP contribution in [0.1, 0.15) is 30.5 Å². The van der Waals surface area contributed by atoms with Crippen molar-refractivity contribution < 1.29 is 14.3 Å². The lowest BCUT2D eigenvalue weighted by Gasteiger charge is -2.35. The summed E-state index contributed by atoms with van der Waals surface area (Å²) in [7, 11) is 3.28. The van der Waals surface area contributed by atoms with Gasteiger partial charge in [-0.15, -0.1) is 0 Å². The summed E-state index contributed by atoms with van der Waals surface area (Å²) in [5.41, 5.74) is 3.80. The summed E-state index contributed by atoms with van der Waals surface area (Å²) >= 11 is 0. The number of fused-ring (bicyclic) bond motifs is 2. The van der Waals surface area contributed by atoms with Crippen LogP contribution in [0.5, 0.6) is 11.5 Å². The van der Waals surface area contributed by atoms with Crippen LogP contribution >= 0.6 is 0 Å². The topological polar surface area (TPSA) is 54.6 Å². The van der Waals surface area contributed by atoms with Gasteiger partial charge in [-0.3, -0.25) is 4.79 Å². The van der Waals surface area contributed by atoms with Gasteiger partial charge < -0.3 is 19.4 Å². The minimum atomic E-state index is -0.617. The standard InChI is InChI=1S/C23H26N2O3/c1-23(2,18-13-24-19-8-6-5-7-17(18)19)22(26)25-10-9-15-11-20(27-3)21(28-4)12-16(15)14-25/h5-8,11-13,24H,9-10,14H2,1-4H3. The predicted octanol–water partition coefficient (Wildman–Crippen LogP) is 4.05. The van der Waals surface area contributed by atoms with Crippen LogP contribution in [0.3, 0.4) is 0 Å². The Morgan fingerprint density at radius 1 is 1.07 bits per heavy atom. The number of aromatic amines is 1. The molecule has 1 amide bonds. The Kier molecular flexibility index (Phi) is 4.53. The Balaban J connectivity index is 1.64. The average molecular weight is 378 g/mol. The third-order valence-electron chi connectivity index (χ3n) is 5.80. The van der Waals surface area contributed by atoms with Gasteiger partial charge in [0.15, 0.2) is 11.5 Å². The van der Waals surface area contributed by atoms with Crippen LogP contribution in [0.15, 0.2) is 42.6 Å². The van der Waals surface area contributed by atoms with Crippen LogP contribution in [0, 0.1) is 0 Å². The minimum Gasteiger partial charge on any atom is -0.493 e. The first-order chi connectivity index (χ1) is 13.5. The summed E-state index contributed by atoms with van der Waals surface area (Å²) in [5.74, 6) is 1.57. The highest BCUT2D eigenvalue weighted by atomic mass is 16.5. The number of hydrogen-bond donors (Lipinski definition) is 1. The molecule has 0 saturated heterocycles. The summed E-state index contributed by atoms with van der Waals surface area (Å²) in [5, 5.41) is 1.10. The number of hydrogen-bond acceptors (Lipinski definition) is 3. The molecule has 1 aliphatic heterocycles. The average Bonchev–Trinajstić information content (AvgIpc) is 3.16. The van der Waals surface area contributed by atoms with Gasteiger partial charge in [0.1, 0.15) is 0 Å². The molecular formula is C23H26N2O3. The van der Waals surface area contributed by atoms with Gasteiger partial charge in [-0.25, -0.2) is 0 Å². The molecule has 1 aliphatic rings. The molecule has 5 heteroatoms. The normalized spacial score (nSPS) is 14.1. The monoisotopic (exact) mass is 378 g/mol. The second-order valence-electron chi connectivity index (χ2n) is 7.83. The number of nitrogens with zero attached hydrogens (tertiary/aromatic N) is 1. The molecule has 0 bridgehead atoms. The summed E-state index contributed by atoms with van der Waals surface area (Å²) in [4.78, 5) is 18.8. The van der Waals surface area contributed by atoms with Crippen LogP contribution in [0.2, 0.25) is 0 Å². The van der Waals surface area contributed by atoms with E-state index in [4.69, 9.17) is 9.47 Å². The van der Waals surface area contributed by atoms with E-state index in [9.17, 15) is 4.79 Å². The number of para-hydroxylation sites is 1. The first-order valence-corrected chi connectivity index (χ1v) is 9.55. The summed E-state index contributed by atoms with van der Waals surface area (Å²) in [6.45, 7) is 5.30. The number of rotatable bonds is 4. The number of carbonyl (C=O) groups excluding carboxylic acids is 1. The minimum absolute atomic E-state index is 0.137. The van der Waals surface area contributed by atoms with E-state index in [-0.39, 0.29) is 5.91 Å². The molecule has 1 N–H and O–H groups in total. The molecule has 0 saturated carbocycles. The Hall–Kier alpha value is -2.95. The Labute approximate surface area is 165 Å². The van der Waals surface area contributed by atoms with Crippen molar-refractivity contribution >= 4 is 16.8 Å². The molecule has 4 rings (SSSR count). The molecule has 3 aromatic rings. The molecule has 0 radical (unpaired) electrons. The Morgan fingerprint density at radius 2 is 1.75 bits per heavy atom. The Bertz CT molecular complexity index is 1040. The van der Waals surface area contributed by atoms with Crippen LogP contribution in [-0.4, -0.2) is 36.6 Å². The highest BCUT2D eigenvalue weighted by Crippen LogP contribution is 2.36. The van der Waals surface area contributed by atoms with E-state index in [0.717, 1.165) is 34.2 Å². The quantitative estimate of drug-likeness (QED) is 0.745. The molecule has 0 aliphatic carbocycles. The number of ether oxygens (including phenoxy) is 2. The van der Waals surface area contributed by atoms with Crippen molar-refractivity contribution in [3.05, 3.63) is 59.3 Å². The maximum Gasteiger partial charge on any atom is 0.233 e. The largest absolute Gasteiger partial charge is 0.493 e. The van der Waals surface area contributed by atoms with Crippen LogP contribution in [-0.2, 0) is 23.2 Å². The highest BCUT2D eigenvalue weighted by Gasteiger charge is 2.37. The molecule has 1 aromatic heterocycles. The van der Waals surface area contributed by atoms with Gasteiger partial charge in [-0.05, 0) is 55.2 Å². The molecular weight excluding hydrogens is 352 g/mol. The van der Waals surface area contributed by atoms with E-state index in [2.05, 4.69) is 11.1 Å². The highest BCUT2D eigenvalue weighted by molar-refractivity contribution is 5.94. The lowest BCUT2D eigenvalue weighted by molar-refractivity contribution is -0.137. The van der Waals surface area contributed by atoms with Gasteiger partial charge in [0.25, 0.3) is 0 Å². The molecule has 0 atom stereocenters. The van der Waals surface area contributed by atoms with Crippen molar-refractivity contribution in [2.45, 2.75) is 32.2 Å². The number of methoxy groups -OCH3 is 2. The zero-order valence-electron chi connectivity index (χ0n) is 16.8. The lowest BCUT2D eigenvalue weighted by Crippen LogP contribution is -2.45. The summed E-state index contributed by atoms with van der Waals surface area (Å²) < 4.78 is 10.9. The van der Waals surface area contributed by atoms with E-state index in [1.54, 1.807) is 14.2 Å². The van der Waals surface area contributed by atoms with Crippen LogP contribution in [0.25, 0.3) is 10.9 Å². The van der Waals surface area contributed by atoms with Gasteiger partial charge in [0, 0.05) is 30.2 Å². The first kappa shape index (κ1) is 18.4. The molecule has 2 aromatic carbocycles. The zero-order valence-corrected chi connectivity index (χ0v) is 16.8. The molecule has 5 nitrogen and oxygen atoms in total. The third kappa shape index (κ3) is 2.91. The van der Waals surface area contributed by atoms with Crippen LogP contribution < -0.4 is 9.47 Å². The van der Waals surface area contributed by atoms with Crippen molar-refractivity contribution in [1.82, 2.24) is 9.88 Å². The number of benzene rings is 2. The molecule has 146 valence electrons. The fourth-order valence-electron chi connectivity index (χ4n) is 4.16. The predicted molar refractivity (Wildman–Crippen MR) is 110 cm³/mol. The Morgan fingerprint density at radius 3 is 2.46 bits per heavy atom. The van der Waals surface area contributed by atoms with Crippen molar-refractivity contribution in [2.75, 3.05) is 20.8 Å². The van der Waals surface area contributed by atoms with E-state index in [1.807, 2.05) is 55.3 Å². The fraction of sp³-hybridized carbons (Fsp3) is 0.348. The van der Waals surface area contributed by atoms with Gasteiger partial charge in [0.05, 0.1) is 19.6 Å². The van der Waals surface area contributed by atoms with E-state index in [0.29, 0.717) is 18.8 Å². The van der Waals surface area contributed by atoms with E-state index >= 15 is 0 Å². The number of carbonyl (C=O) groups is 1. The third-order valence-corrected chi connectivity index (χ3v) is 5.80.